The summed E-state index contributed by atoms with van der Waals surface area (Å²) in [6.07, 6.45) is 0.309. The van der Waals surface area contributed by atoms with E-state index in [0.717, 1.165) is 11.3 Å². The van der Waals surface area contributed by atoms with Gasteiger partial charge >= 0.3 is 5.97 Å². The lowest BCUT2D eigenvalue weighted by Gasteiger charge is -2.13. The molecule has 7 heteroatoms. The highest BCUT2D eigenvalue weighted by Crippen LogP contribution is 2.16. The molecular formula is C17H18BrNO5. The molecule has 2 N–H and O–H groups in total. The molecule has 0 radical (unpaired) electrons. The quantitative estimate of drug-likeness (QED) is 0.716. The molecule has 0 aliphatic rings. The third kappa shape index (κ3) is 5.13. The first-order valence-corrected chi connectivity index (χ1v) is 8.27. The number of carboxylic acid groups (broad SMARTS) is 1. The predicted octanol–water partition coefficient (Wildman–Crippen LogP) is 3.11. The van der Waals surface area contributed by atoms with Gasteiger partial charge in [0.1, 0.15) is 5.75 Å². The zero-order chi connectivity index (χ0) is 17.5. The molecule has 0 spiro atoms. The van der Waals surface area contributed by atoms with Crippen molar-refractivity contribution in [1.82, 2.24) is 5.32 Å². The molecule has 0 saturated carbocycles. The first kappa shape index (κ1) is 18.1. The number of aliphatic carboxylic acids is 1. The number of carbonyl (C=O) groups excluding carboxylic acids is 1. The zero-order valence-electron chi connectivity index (χ0n) is 13.1. The second kappa shape index (κ2) is 8.54. The normalized spacial score (nSPS) is 11.8. The fourth-order valence-electron chi connectivity index (χ4n) is 2.16. The Hall–Kier alpha value is -2.28. The van der Waals surface area contributed by atoms with E-state index in [1.165, 1.54) is 6.07 Å². The van der Waals surface area contributed by atoms with Gasteiger partial charge in [-0.2, -0.15) is 0 Å². The molecule has 0 aliphatic heterocycles. The number of amides is 1. The van der Waals surface area contributed by atoms with E-state index in [2.05, 4.69) is 21.2 Å². The average molecular weight is 396 g/mol. The number of furan rings is 1. The fraction of sp³-hybridized carbons (Fsp3) is 0.294. The maximum atomic E-state index is 11.9. The van der Waals surface area contributed by atoms with Crippen molar-refractivity contribution in [2.75, 3.05) is 13.2 Å². The number of hydrogen-bond acceptors (Lipinski definition) is 4. The molecular weight excluding hydrogens is 378 g/mol. The molecule has 0 bridgehead atoms. The molecule has 1 unspecified atom stereocenters. The first-order chi connectivity index (χ1) is 11.5. The van der Waals surface area contributed by atoms with Crippen LogP contribution >= 0.6 is 15.9 Å². The summed E-state index contributed by atoms with van der Waals surface area (Å²) in [4.78, 5) is 23.3. The molecule has 0 aliphatic carbocycles. The highest BCUT2D eigenvalue weighted by Gasteiger charge is 2.20. The predicted molar refractivity (Wildman–Crippen MR) is 91.2 cm³/mol. The summed E-state index contributed by atoms with van der Waals surface area (Å²) >= 11 is 3.11. The highest BCUT2D eigenvalue weighted by atomic mass is 79.9. The average Bonchev–Trinajstić information content (AvgIpc) is 2.99. The lowest BCUT2D eigenvalue weighted by atomic mass is 9.99. The Morgan fingerprint density at radius 1 is 1.25 bits per heavy atom. The van der Waals surface area contributed by atoms with Crippen molar-refractivity contribution in [2.24, 2.45) is 5.92 Å². The Morgan fingerprint density at radius 3 is 2.50 bits per heavy atom. The third-order valence-electron chi connectivity index (χ3n) is 3.37. The second-order valence-electron chi connectivity index (χ2n) is 5.13. The number of ether oxygens (including phenoxy) is 1. The number of halogens is 1. The van der Waals surface area contributed by atoms with Gasteiger partial charge in [0.15, 0.2) is 10.4 Å². The van der Waals surface area contributed by atoms with Gasteiger partial charge in [-0.15, -0.1) is 0 Å². The molecule has 6 nitrogen and oxygen atoms in total. The minimum Gasteiger partial charge on any atom is -0.494 e. The van der Waals surface area contributed by atoms with Crippen LogP contribution in [-0.4, -0.2) is 30.1 Å². The molecule has 1 amide bonds. The van der Waals surface area contributed by atoms with Crippen LogP contribution in [0, 0.1) is 5.92 Å². The largest absolute Gasteiger partial charge is 0.494 e. The van der Waals surface area contributed by atoms with Gasteiger partial charge in [0.2, 0.25) is 0 Å². The maximum Gasteiger partial charge on any atom is 0.308 e. The van der Waals surface area contributed by atoms with Crippen molar-refractivity contribution in [3.8, 4) is 5.75 Å². The number of benzene rings is 1. The Balaban J connectivity index is 1.94. The van der Waals surface area contributed by atoms with Gasteiger partial charge < -0.3 is 19.6 Å². The number of rotatable bonds is 8. The van der Waals surface area contributed by atoms with Crippen LogP contribution in [0.1, 0.15) is 23.0 Å². The Kier molecular flexibility index (Phi) is 6.43. The van der Waals surface area contributed by atoms with E-state index in [0.29, 0.717) is 17.7 Å². The van der Waals surface area contributed by atoms with E-state index < -0.39 is 17.8 Å². The van der Waals surface area contributed by atoms with Crippen molar-refractivity contribution < 1.29 is 23.8 Å². The van der Waals surface area contributed by atoms with Crippen molar-refractivity contribution in [3.63, 3.8) is 0 Å². The van der Waals surface area contributed by atoms with Crippen LogP contribution in [0.4, 0.5) is 0 Å². The number of hydrogen-bond donors (Lipinski definition) is 2. The minimum atomic E-state index is -0.968. The number of nitrogens with one attached hydrogen (secondary N) is 1. The van der Waals surface area contributed by atoms with Crippen molar-refractivity contribution in [1.29, 1.82) is 0 Å². The summed E-state index contributed by atoms with van der Waals surface area (Å²) in [7, 11) is 0. The molecule has 1 aromatic heterocycles. The van der Waals surface area contributed by atoms with E-state index in [-0.39, 0.29) is 12.3 Å². The van der Waals surface area contributed by atoms with Crippen LogP contribution in [0.3, 0.4) is 0 Å². The smallest absolute Gasteiger partial charge is 0.308 e. The summed E-state index contributed by atoms with van der Waals surface area (Å²) in [5.41, 5.74) is 0.862. The Bertz CT molecular complexity index is 695. The van der Waals surface area contributed by atoms with Gasteiger partial charge in [-0.25, -0.2) is 0 Å². The van der Waals surface area contributed by atoms with E-state index in [1.807, 2.05) is 19.1 Å². The number of carboxylic acids is 1. The monoisotopic (exact) mass is 395 g/mol. The van der Waals surface area contributed by atoms with Crippen LogP contribution in [0.15, 0.2) is 45.5 Å². The van der Waals surface area contributed by atoms with E-state index >= 15 is 0 Å². The first-order valence-electron chi connectivity index (χ1n) is 7.47. The Labute approximate surface area is 147 Å². The van der Waals surface area contributed by atoms with Crippen LogP contribution in [0.2, 0.25) is 0 Å². The molecule has 1 aromatic carbocycles. The molecule has 24 heavy (non-hydrogen) atoms. The lowest BCUT2D eigenvalue weighted by Crippen LogP contribution is -2.33. The molecule has 0 saturated heterocycles. The summed E-state index contributed by atoms with van der Waals surface area (Å²) in [5, 5.41) is 11.9. The van der Waals surface area contributed by atoms with Gasteiger partial charge in [-0.1, -0.05) is 12.1 Å². The van der Waals surface area contributed by atoms with Gasteiger partial charge in [-0.05, 0) is 59.1 Å². The molecule has 128 valence electrons. The molecule has 0 fully saturated rings. The van der Waals surface area contributed by atoms with Crippen molar-refractivity contribution in [2.45, 2.75) is 13.3 Å². The molecule has 1 heterocycles. The summed E-state index contributed by atoms with van der Waals surface area (Å²) in [6, 6.07) is 10.4. The van der Waals surface area contributed by atoms with Crippen LogP contribution in [0.25, 0.3) is 0 Å². The van der Waals surface area contributed by atoms with Gasteiger partial charge in [0.05, 0.1) is 12.5 Å². The van der Waals surface area contributed by atoms with Crippen molar-refractivity contribution >= 4 is 27.8 Å². The summed E-state index contributed by atoms with van der Waals surface area (Å²) in [6.45, 7) is 2.49. The van der Waals surface area contributed by atoms with Gasteiger partial charge in [0, 0.05) is 6.54 Å². The molecule has 1 atom stereocenters. The van der Waals surface area contributed by atoms with Crippen LogP contribution in [-0.2, 0) is 11.2 Å². The third-order valence-corrected chi connectivity index (χ3v) is 3.80. The van der Waals surface area contributed by atoms with Crippen LogP contribution in [0.5, 0.6) is 5.75 Å². The maximum absolute atomic E-state index is 11.9. The standard InChI is InChI=1S/C17H18BrNO5/c1-2-23-13-5-3-11(4-6-13)9-12(17(21)22)10-19-16(20)14-7-8-15(18)24-14/h3-8,12H,2,9-10H2,1H3,(H,19,20)(H,21,22). The van der Waals surface area contributed by atoms with Crippen LogP contribution < -0.4 is 10.1 Å². The van der Waals surface area contributed by atoms with E-state index in [4.69, 9.17) is 9.15 Å². The molecule has 2 aromatic rings. The lowest BCUT2D eigenvalue weighted by molar-refractivity contribution is -0.141. The highest BCUT2D eigenvalue weighted by molar-refractivity contribution is 9.10. The van der Waals surface area contributed by atoms with E-state index in [9.17, 15) is 14.7 Å². The topological polar surface area (TPSA) is 88.8 Å². The number of carbonyl (C=O) groups is 2. The summed E-state index contributed by atoms with van der Waals surface area (Å²) in [5.74, 6) is -1.27. The van der Waals surface area contributed by atoms with Gasteiger partial charge in [0.25, 0.3) is 5.91 Å². The van der Waals surface area contributed by atoms with Crippen molar-refractivity contribution in [3.05, 3.63) is 52.4 Å². The Morgan fingerprint density at radius 2 is 1.96 bits per heavy atom. The minimum absolute atomic E-state index is 0.0136. The molecule has 2 rings (SSSR count). The SMILES string of the molecule is CCOc1ccc(CC(CNC(=O)c2ccc(Br)o2)C(=O)O)cc1. The summed E-state index contributed by atoms with van der Waals surface area (Å²) < 4.78 is 10.9. The fourth-order valence-corrected chi connectivity index (χ4v) is 2.47. The zero-order valence-corrected chi connectivity index (χ0v) is 14.7. The van der Waals surface area contributed by atoms with E-state index in [1.54, 1.807) is 18.2 Å². The van der Waals surface area contributed by atoms with Gasteiger partial charge in [-0.3, -0.25) is 9.59 Å². The second-order valence-corrected chi connectivity index (χ2v) is 5.91.